The molecule has 5 heteroatoms. The highest BCUT2D eigenvalue weighted by molar-refractivity contribution is 5.91. The summed E-state index contributed by atoms with van der Waals surface area (Å²) in [6, 6.07) is 0. The molecular weight excluding hydrogens is 198 g/mol. The number of aliphatic hydroxyl groups excluding tert-OH is 1. The maximum absolute atomic E-state index is 11.6. The van der Waals surface area contributed by atoms with Crippen molar-refractivity contribution in [2.45, 2.75) is 26.9 Å². The van der Waals surface area contributed by atoms with Gasteiger partial charge in [-0.15, -0.1) is 0 Å². The van der Waals surface area contributed by atoms with E-state index in [9.17, 15) is 9.59 Å². The average Bonchev–Trinajstić information content (AvgIpc) is 2.65. The number of carbonyl (C=O) groups is 2. The molecule has 0 heterocycles. The third-order valence-corrected chi connectivity index (χ3v) is 2.95. The molecule has 1 amide bonds. The molecule has 0 aromatic rings. The minimum Gasteiger partial charge on any atom is -0.481 e. The molecule has 0 aliphatic heterocycles. The molecule has 5 nitrogen and oxygen atoms in total. The monoisotopic (exact) mass is 215 g/mol. The normalized spacial score (nSPS) is 29.3. The molecule has 0 aromatic heterocycles. The van der Waals surface area contributed by atoms with Crippen LogP contribution in [-0.4, -0.2) is 34.7 Å². The minimum absolute atomic E-state index is 0.164. The Morgan fingerprint density at radius 2 is 1.93 bits per heavy atom. The summed E-state index contributed by atoms with van der Waals surface area (Å²) in [5, 5.41) is 20.4. The lowest BCUT2D eigenvalue weighted by Crippen LogP contribution is -2.33. The smallest absolute Gasteiger partial charge is 0.307 e. The molecule has 1 rings (SSSR count). The van der Waals surface area contributed by atoms with Crippen LogP contribution in [0.5, 0.6) is 0 Å². The molecule has 0 spiro atoms. The van der Waals surface area contributed by atoms with Crippen LogP contribution in [0.25, 0.3) is 0 Å². The van der Waals surface area contributed by atoms with Crippen LogP contribution in [0.15, 0.2) is 0 Å². The highest BCUT2D eigenvalue weighted by Crippen LogP contribution is 2.58. The second-order valence-corrected chi connectivity index (χ2v) is 4.71. The maximum Gasteiger partial charge on any atom is 0.307 e. The van der Waals surface area contributed by atoms with Crippen molar-refractivity contribution >= 4 is 11.9 Å². The van der Waals surface area contributed by atoms with Gasteiger partial charge in [-0.3, -0.25) is 9.59 Å². The molecule has 0 aromatic carbocycles. The summed E-state index contributed by atoms with van der Waals surface area (Å²) >= 11 is 0. The number of rotatable bonds is 4. The molecule has 0 radical (unpaired) electrons. The molecule has 1 aliphatic rings. The molecule has 1 fully saturated rings. The van der Waals surface area contributed by atoms with Gasteiger partial charge in [-0.05, 0) is 12.3 Å². The van der Waals surface area contributed by atoms with Gasteiger partial charge in [0.25, 0.3) is 0 Å². The Morgan fingerprint density at radius 1 is 1.40 bits per heavy atom. The van der Waals surface area contributed by atoms with E-state index >= 15 is 0 Å². The predicted octanol–water partition coefficient (Wildman–Crippen LogP) is -0.160. The fraction of sp³-hybridized carbons (Fsp3) is 0.800. The fourth-order valence-electron chi connectivity index (χ4n) is 1.95. The van der Waals surface area contributed by atoms with Gasteiger partial charge in [0.1, 0.15) is 0 Å². The van der Waals surface area contributed by atoms with Gasteiger partial charge in [0.05, 0.1) is 17.9 Å². The summed E-state index contributed by atoms with van der Waals surface area (Å²) in [5.74, 6) is -2.30. The number of carbonyl (C=O) groups excluding carboxylic acids is 1. The molecule has 0 unspecified atom stereocenters. The van der Waals surface area contributed by atoms with Crippen molar-refractivity contribution in [3.8, 4) is 0 Å². The highest BCUT2D eigenvalue weighted by atomic mass is 16.4. The van der Waals surface area contributed by atoms with E-state index in [0.717, 1.165) is 0 Å². The predicted molar refractivity (Wildman–Crippen MR) is 53.1 cm³/mol. The van der Waals surface area contributed by atoms with E-state index in [4.69, 9.17) is 10.2 Å². The van der Waals surface area contributed by atoms with Gasteiger partial charge in [-0.25, -0.2) is 0 Å². The Morgan fingerprint density at radius 3 is 2.27 bits per heavy atom. The van der Waals surface area contributed by atoms with Gasteiger partial charge < -0.3 is 15.5 Å². The lowest BCUT2D eigenvalue weighted by atomic mass is 10.1. The molecule has 3 atom stereocenters. The zero-order chi connectivity index (χ0) is 11.8. The lowest BCUT2D eigenvalue weighted by Gasteiger charge is -2.07. The summed E-state index contributed by atoms with van der Waals surface area (Å²) in [4.78, 5) is 22.4. The molecule has 1 saturated carbocycles. The van der Waals surface area contributed by atoms with Gasteiger partial charge in [-0.2, -0.15) is 0 Å². The second kappa shape index (κ2) is 3.81. The fourth-order valence-corrected chi connectivity index (χ4v) is 1.95. The van der Waals surface area contributed by atoms with E-state index in [1.165, 1.54) is 0 Å². The standard InChI is InChI=1S/C10H17NO4/c1-5(12)4-11-8(13)6-7(9(14)15)10(6,2)3/h5-7,12H,4H2,1-3H3,(H,11,13)(H,14,15)/t5-,6+,7-/m0/s1. The van der Waals surface area contributed by atoms with Crippen molar-refractivity contribution in [1.29, 1.82) is 0 Å². The quantitative estimate of drug-likeness (QED) is 0.608. The molecule has 0 saturated heterocycles. The van der Waals surface area contributed by atoms with Crippen LogP contribution in [0, 0.1) is 17.3 Å². The first kappa shape index (κ1) is 12.0. The first-order chi connectivity index (χ1) is 6.78. The van der Waals surface area contributed by atoms with E-state index < -0.39 is 29.3 Å². The van der Waals surface area contributed by atoms with Crippen LogP contribution < -0.4 is 5.32 Å². The molecule has 86 valence electrons. The van der Waals surface area contributed by atoms with Gasteiger partial charge in [-0.1, -0.05) is 13.8 Å². The zero-order valence-corrected chi connectivity index (χ0v) is 9.15. The first-order valence-electron chi connectivity index (χ1n) is 4.97. The van der Waals surface area contributed by atoms with Crippen LogP contribution in [0.2, 0.25) is 0 Å². The summed E-state index contributed by atoms with van der Waals surface area (Å²) in [6.45, 7) is 5.25. The van der Waals surface area contributed by atoms with Crippen LogP contribution in [-0.2, 0) is 9.59 Å². The van der Waals surface area contributed by atoms with Gasteiger partial charge >= 0.3 is 5.97 Å². The van der Waals surface area contributed by atoms with Gasteiger partial charge in [0.15, 0.2) is 0 Å². The van der Waals surface area contributed by atoms with Crippen molar-refractivity contribution < 1.29 is 19.8 Å². The number of aliphatic hydroxyl groups is 1. The molecular formula is C10H17NO4. The minimum atomic E-state index is -0.933. The Bertz CT molecular complexity index is 285. The van der Waals surface area contributed by atoms with Gasteiger partial charge in [0, 0.05) is 6.54 Å². The van der Waals surface area contributed by atoms with Crippen LogP contribution >= 0.6 is 0 Å². The van der Waals surface area contributed by atoms with Crippen LogP contribution in [0.3, 0.4) is 0 Å². The molecule has 3 N–H and O–H groups in total. The summed E-state index contributed by atoms with van der Waals surface area (Å²) in [5.41, 5.74) is -0.478. The lowest BCUT2D eigenvalue weighted by molar-refractivity contribution is -0.140. The van der Waals surface area contributed by atoms with Crippen LogP contribution in [0.1, 0.15) is 20.8 Å². The van der Waals surface area contributed by atoms with Gasteiger partial charge in [0.2, 0.25) is 5.91 Å². The maximum atomic E-state index is 11.6. The largest absolute Gasteiger partial charge is 0.481 e. The van der Waals surface area contributed by atoms with E-state index in [2.05, 4.69) is 5.32 Å². The Balaban J connectivity index is 2.53. The van der Waals surface area contributed by atoms with Crippen molar-refractivity contribution in [3.05, 3.63) is 0 Å². The summed E-state index contributed by atoms with van der Waals surface area (Å²) in [7, 11) is 0. The Labute approximate surface area is 88.5 Å². The number of aliphatic carboxylic acids is 1. The average molecular weight is 215 g/mol. The number of carboxylic acid groups (broad SMARTS) is 1. The number of carboxylic acids is 1. The molecule has 15 heavy (non-hydrogen) atoms. The summed E-state index contributed by atoms with van der Waals surface area (Å²) < 4.78 is 0. The molecule has 0 bridgehead atoms. The number of amides is 1. The number of nitrogens with one attached hydrogen (secondary N) is 1. The third kappa shape index (κ3) is 2.28. The Kier molecular flexibility index (Phi) is 3.04. The van der Waals surface area contributed by atoms with Crippen molar-refractivity contribution in [1.82, 2.24) is 5.32 Å². The molecule has 1 aliphatic carbocycles. The van der Waals surface area contributed by atoms with Crippen molar-refractivity contribution in [2.24, 2.45) is 17.3 Å². The number of hydrogen-bond donors (Lipinski definition) is 3. The van der Waals surface area contributed by atoms with E-state index in [1.54, 1.807) is 20.8 Å². The van der Waals surface area contributed by atoms with Crippen molar-refractivity contribution in [2.75, 3.05) is 6.54 Å². The summed E-state index contributed by atoms with van der Waals surface area (Å²) in [6.07, 6.45) is -0.612. The van der Waals surface area contributed by atoms with E-state index in [-0.39, 0.29) is 12.5 Å². The van der Waals surface area contributed by atoms with Crippen molar-refractivity contribution in [3.63, 3.8) is 0 Å². The topological polar surface area (TPSA) is 86.6 Å². The highest BCUT2D eigenvalue weighted by Gasteiger charge is 2.65. The second-order valence-electron chi connectivity index (χ2n) is 4.71. The number of hydrogen-bond acceptors (Lipinski definition) is 3. The van der Waals surface area contributed by atoms with E-state index in [1.807, 2.05) is 0 Å². The third-order valence-electron chi connectivity index (χ3n) is 2.95. The van der Waals surface area contributed by atoms with Crippen LogP contribution in [0.4, 0.5) is 0 Å². The van der Waals surface area contributed by atoms with E-state index in [0.29, 0.717) is 0 Å². The first-order valence-corrected chi connectivity index (χ1v) is 4.97. The zero-order valence-electron chi connectivity index (χ0n) is 9.15. The Hall–Kier alpha value is -1.10. The SMILES string of the molecule is C[C@H](O)CNC(=O)[C@H]1[C@@H](C(=O)O)C1(C)C.